The van der Waals surface area contributed by atoms with Gasteiger partial charge in [-0.15, -0.1) is 0 Å². The van der Waals surface area contributed by atoms with Crippen LogP contribution in [-0.4, -0.2) is 40.4 Å². The van der Waals surface area contributed by atoms with Gasteiger partial charge in [-0.2, -0.15) is 0 Å². The highest BCUT2D eigenvalue weighted by Gasteiger charge is 2.23. The summed E-state index contributed by atoms with van der Waals surface area (Å²) < 4.78 is 0. The van der Waals surface area contributed by atoms with E-state index >= 15 is 0 Å². The van der Waals surface area contributed by atoms with E-state index in [1.807, 2.05) is 42.2 Å². The molecule has 1 aromatic heterocycles. The molecule has 0 unspecified atom stereocenters. The fourth-order valence-electron chi connectivity index (χ4n) is 2.90. The molecular weight excluding hydrogens is 288 g/mol. The lowest BCUT2D eigenvalue weighted by Gasteiger charge is -2.32. The summed E-state index contributed by atoms with van der Waals surface area (Å²) in [4.78, 5) is 22.9. The number of benzene rings is 1. The quantitative estimate of drug-likeness (QED) is 0.943. The van der Waals surface area contributed by atoms with E-state index in [-0.39, 0.29) is 5.91 Å². The van der Waals surface area contributed by atoms with E-state index in [9.17, 15) is 4.79 Å². The van der Waals surface area contributed by atoms with Crippen molar-refractivity contribution in [1.82, 2.24) is 14.9 Å². The van der Waals surface area contributed by atoms with Gasteiger partial charge >= 0.3 is 0 Å². The molecule has 1 saturated heterocycles. The second kappa shape index (κ2) is 7.22. The first-order valence-corrected chi connectivity index (χ1v) is 8.09. The van der Waals surface area contributed by atoms with Crippen molar-refractivity contribution in [2.24, 2.45) is 5.92 Å². The molecule has 2 aromatic rings. The predicted molar refractivity (Wildman–Crippen MR) is 90.3 cm³/mol. The normalized spacial score (nSPS) is 15.4. The number of nitrogens with one attached hydrogen (secondary N) is 1. The summed E-state index contributed by atoms with van der Waals surface area (Å²) in [5, 5.41) is 3.35. The van der Waals surface area contributed by atoms with Crippen LogP contribution in [0.15, 0.2) is 42.7 Å². The number of rotatable bonds is 4. The van der Waals surface area contributed by atoms with Crippen molar-refractivity contribution in [2.45, 2.75) is 19.8 Å². The van der Waals surface area contributed by atoms with Crippen molar-refractivity contribution in [1.29, 1.82) is 0 Å². The minimum atomic E-state index is 0.140. The summed E-state index contributed by atoms with van der Waals surface area (Å²) in [7, 11) is 0. The van der Waals surface area contributed by atoms with E-state index in [0.717, 1.165) is 49.6 Å². The van der Waals surface area contributed by atoms with E-state index in [1.54, 1.807) is 12.4 Å². The summed E-state index contributed by atoms with van der Waals surface area (Å²) in [5.74, 6) is 1.53. The SMILES string of the molecule is Cc1cncc(NCC2CCN(C(=O)c3ccccc3)CC2)n1. The number of hydrogen-bond donors (Lipinski definition) is 1. The van der Waals surface area contributed by atoms with Gasteiger partial charge in [-0.3, -0.25) is 9.78 Å². The molecule has 5 nitrogen and oxygen atoms in total. The van der Waals surface area contributed by atoms with Crippen molar-refractivity contribution in [3.63, 3.8) is 0 Å². The monoisotopic (exact) mass is 310 g/mol. The number of carbonyl (C=O) groups is 1. The Morgan fingerprint density at radius 3 is 2.65 bits per heavy atom. The van der Waals surface area contributed by atoms with Crippen LogP contribution in [0.25, 0.3) is 0 Å². The Kier molecular flexibility index (Phi) is 4.86. The lowest BCUT2D eigenvalue weighted by atomic mass is 9.96. The molecule has 2 heterocycles. The molecule has 1 fully saturated rings. The van der Waals surface area contributed by atoms with Crippen LogP contribution in [0.5, 0.6) is 0 Å². The zero-order valence-corrected chi connectivity index (χ0v) is 13.4. The largest absolute Gasteiger partial charge is 0.369 e. The molecule has 1 aromatic carbocycles. The molecule has 23 heavy (non-hydrogen) atoms. The van der Waals surface area contributed by atoms with Gasteiger partial charge in [0.2, 0.25) is 0 Å². The third-order valence-electron chi connectivity index (χ3n) is 4.25. The van der Waals surface area contributed by atoms with E-state index in [4.69, 9.17) is 0 Å². The smallest absolute Gasteiger partial charge is 0.253 e. The van der Waals surface area contributed by atoms with Gasteiger partial charge in [0, 0.05) is 31.4 Å². The van der Waals surface area contributed by atoms with Crippen LogP contribution in [-0.2, 0) is 0 Å². The Balaban J connectivity index is 1.48. The molecule has 1 aliphatic heterocycles. The molecule has 3 rings (SSSR count). The van der Waals surface area contributed by atoms with Crippen LogP contribution in [0.1, 0.15) is 28.9 Å². The second-order valence-corrected chi connectivity index (χ2v) is 6.03. The first-order chi connectivity index (χ1) is 11.2. The zero-order valence-electron chi connectivity index (χ0n) is 13.4. The molecule has 1 amide bonds. The van der Waals surface area contributed by atoms with Gasteiger partial charge in [-0.1, -0.05) is 18.2 Å². The topological polar surface area (TPSA) is 58.1 Å². The Bertz CT molecular complexity index is 651. The molecule has 1 aliphatic rings. The van der Waals surface area contributed by atoms with Crippen molar-refractivity contribution < 1.29 is 4.79 Å². The maximum Gasteiger partial charge on any atom is 0.253 e. The van der Waals surface area contributed by atoms with E-state index < -0.39 is 0 Å². The molecule has 1 N–H and O–H groups in total. The van der Waals surface area contributed by atoms with Gasteiger partial charge in [-0.05, 0) is 37.8 Å². The van der Waals surface area contributed by atoms with Crippen molar-refractivity contribution in [2.75, 3.05) is 25.0 Å². The van der Waals surface area contributed by atoms with E-state index in [1.165, 1.54) is 0 Å². The van der Waals surface area contributed by atoms with Gasteiger partial charge in [0.05, 0.1) is 11.9 Å². The maximum absolute atomic E-state index is 12.4. The predicted octanol–water partition coefficient (Wildman–Crippen LogP) is 2.75. The molecule has 0 saturated carbocycles. The lowest BCUT2D eigenvalue weighted by molar-refractivity contribution is 0.0695. The number of carbonyl (C=O) groups excluding carboxylic acids is 1. The van der Waals surface area contributed by atoms with E-state index in [2.05, 4.69) is 15.3 Å². The molecule has 0 atom stereocenters. The first kappa shape index (κ1) is 15.5. The van der Waals surface area contributed by atoms with Gasteiger partial charge in [0.25, 0.3) is 5.91 Å². The Morgan fingerprint density at radius 2 is 1.96 bits per heavy atom. The molecule has 0 radical (unpaired) electrons. The van der Waals surface area contributed by atoms with Gasteiger partial charge in [0.1, 0.15) is 5.82 Å². The molecule has 0 bridgehead atoms. The highest BCUT2D eigenvalue weighted by molar-refractivity contribution is 5.94. The minimum Gasteiger partial charge on any atom is -0.369 e. The Hall–Kier alpha value is -2.43. The van der Waals surface area contributed by atoms with Crippen molar-refractivity contribution in [3.05, 3.63) is 54.0 Å². The number of aromatic nitrogens is 2. The summed E-state index contributed by atoms with van der Waals surface area (Å²) in [5.41, 5.74) is 1.69. The zero-order chi connectivity index (χ0) is 16.1. The number of aryl methyl sites for hydroxylation is 1. The summed E-state index contributed by atoms with van der Waals surface area (Å²) in [6.07, 6.45) is 5.54. The average Bonchev–Trinajstić information content (AvgIpc) is 2.61. The first-order valence-electron chi connectivity index (χ1n) is 8.09. The molecule has 0 spiro atoms. The van der Waals surface area contributed by atoms with Gasteiger partial charge < -0.3 is 10.2 Å². The van der Waals surface area contributed by atoms with Crippen LogP contribution in [0.2, 0.25) is 0 Å². The number of piperidine rings is 1. The number of hydrogen-bond acceptors (Lipinski definition) is 4. The second-order valence-electron chi connectivity index (χ2n) is 6.03. The van der Waals surface area contributed by atoms with E-state index in [0.29, 0.717) is 5.92 Å². The van der Waals surface area contributed by atoms with Crippen LogP contribution < -0.4 is 5.32 Å². The summed E-state index contributed by atoms with van der Waals surface area (Å²) in [6, 6.07) is 9.52. The third kappa shape index (κ3) is 4.06. The standard InChI is InChI=1S/C18H22N4O/c1-14-11-19-13-17(21-14)20-12-15-7-9-22(10-8-15)18(23)16-5-3-2-4-6-16/h2-6,11,13,15H,7-10,12H2,1H3,(H,20,21). The molecular formula is C18H22N4O. The van der Waals surface area contributed by atoms with Crippen LogP contribution >= 0.6 is 0 Å². The average molecular weight is 310 g/mol. The molecule has 5 heteroatoms. The maximum atomic E-state index is 12.4. The molecule has 0 aliphatic carbocycles. The van der Waals surface area contributed by atoms with Crippen LogP contribution in [0.4, 0.5) is 5.82 Å². The van der Waals surface area contributed by atoms with Gasteiger partial charge in [0.15, 0.2) is 0 Å². The third-order valence-corrected chi connectivity index (χ3v) is 4.25. The number of anilines is 1. The summed E-state index contributed by atoms with van der Waals surface area (Å²) >= 11 is 0. The minimum absolute atomic E-state index is 0.140. The van der Waals surface area contributed by atoms with Crippen molar-refractivity contribution >= 4 is 11.7 Å². The number of amides is 1. The fraction of sp³-hybridized carbons (Fsp3) is 0.389. The highest BCUT2D eigenvalue weighted by Crippen LogP contribution is 2.19. The summed E-state index contributed by atoms with van der Waals surface area (Å²) in [6.45, 7) is 4.45. The molecule has 120 valence electrons. The fourth-order valence-corrected chi connectivity index (χ4v) is 2.90. The number of nitrogens with zero attached hydrogens (tertiary/aromatic N) is 3. The van der Waals surface area contributed by atoms with Gasteiger partial charge in [-0.25, -0.2) is 4.98 Å². The Morgan fingerprint density at radius 1 is 1.22 bits per heavy atom. The number of likely N-dealkylation sites (tertiary alicyclic amines) is 1. The Labute approximate surface area is 136 Å². The highest BCUT2D eigenvalue weighted by atomic mass is 16.2. The van der Waals surface area contributed by atoms with Crippen LogP contribution in [0, 0.1) is 12.8 Å². The van der Waals surface area contributed by atoms with Crippen LogP contribution in [0.3, 0.4) is 0 Å². The lowest BCUT2D eigenvalue weighted by Crippen LogP contribution is -2.39. The van der Waals surface area contributed by atoms with Crippen molar-refractivity contribution in [3.8, 4) is 0 Å².